The zero-order valence-electron chi connectivity index (χ0n) is 11.4. The first-order valence-corrected chi connectivity index (χ1v) is 6.79. The second kappa shape index (κ2) is 5.26. The van der Waals surface area contributed by atoms with Gasteiger partial charge in [-0.15, -0.1) is 0 Å². The molecule has 0 aliphatic carbocycles. The number of carbonyl (C=O) groups is 1. The monoisotopic (exact) mass is 272 g/mol. The van der Waals surface area contributed by atoms with Crippen molar-refractivity contribution < 1.29 is 9.82 Å². The first-order chi connectivity index (χ1) is 9.65. The number of nitrogens with one attached hydrogen (secondary N) is 1. The number of fused-ring (bicyclic) bond motifs is 1. The van der Waals surface area contributed by atoms with Crippen LogP contribution in [0.5, 0.6) is 0 Å². The van der Waals surface area contributed by atoms with Gasteiger partial charge in [0, 0.05) is 31.7 Å². The molecule has 1 aliphatic rings. The Kier molecular flexibility index (Phi) is 3.46. The topological polar surface area (TPSA) is 72.5 Å². The van der Waals surface area contributed by atoms with E-state index in [0.717, 1.165) is 11.0 Å². The Morgan fingerprint density at radius 1 is 1.35 bits per heavy atom. The Morgan fingerprint density at radius 2 is 2.10 bits per heavy atom. The number of amides is 1. The zero-order chi connectivity index (χ0) is 14.1. The van der Waals surface area contributed by atoms with E-state index in [2.05, 4.69) is 9.97 Å². The van der Waals surface area contributed by atoms with Crippen LogP contribution >= 0.6 is 0 Å². The summed E-state index contributed by atoms with van der Waals surface area (Å²) in [6.07, 6.45) is 1.63. The summed E-state index contributed by atoms with van der Waals surface area (Å²) in [6.45, 7) is 4.44. The molecule has 0 radical (unpaired) electrons. The van der Waals surface area contributed by atoms with Gasteiger partial charge in [-0.25, -0.2) is 4.98 Å². The number of H-pyrrole nitrogens is 1. The fourth-order valence-electron chi connectivity index (χ4n) is 2.55. The lowest BCUT2D eigenvalue weighted by atomic mass is 9.84. The van der Waals surface area contributed by atoms with Crippen LogP contribution in [-0.2, 0) is 0 Å². The highest BCUT2D eigenvalue weighted by Crippen LogP contribution is 2.14. The molecule has 0 bridgehead atoms. The molecule has 6 nitrogen and oxygen atoms in total. The molecule has 2 N–H and O–H groups in total. The molecule has 2 aromatic rings. The SMILES string of the molecule is CB(O)N1CCN(C(=O)c2ccc3[nH]cnc3c2)CC1. The molecular formula is C13H17BN4O2. The van der Waals surface area contributed by atoms with E-state index in [4.69, 9.17) is 0 Å². The Bertz CT molecular complexity index is 620. The van der Waals surface area contributed by atoms with E-state index in [9.17, 15) is 9.82 Å². The summed E-state index contributed by atoms with van der Waals surface area (Å²) in [5.41, 5.74) is 2.40. The third-order valence-electron chi connectivity index (χ3n) is 3.80. The number of imidazole rings is 1. The van der Waals surface area contributed by atoms with Crippen molar-refractivity contribution in [1.29, 1.82) is 0 Å². The van der Waals surface area contributed by atoms with Crippen LogP contribution in [0, 0.1) is 0 Å². The van der Waals surface area contributed by atoms with E-state index in [1.807, 2.05) is 27.9 Å². The van der Waals surface area contributed by atoms with Gasteiger partial charge in [-0.2, -0.15) is 0 Å². The molecule has 0 atom stereocenters. The maximum Gasteiger partial charge on any atom is 0.376 e. The Labute approximate surface area is 117 Å². The molecule has 0 saturated carbocycles. The minimum absolute atomic E-state index is 0.0279. The van der Waals surface area contributed by atoms with E-state index >= 15 is 0 Å². The van der Waals surface area contributed by atoms with E-state index in [-0.39, 0.29) is 5.91 Å². The number of hydrogen-bond acceptors (Lipinski definition) is 4. The molecule has 3 rings (SSSR count). The first kappa shape index (κ1) is 13.1. The number of aromatic amines is 1. The standard InChI is InChI=1S/C13H17BN4O2/c1-14(20)18-6-4-17(5-7-18)13(19)10-2-3-11-12(8-10)16-9-15-11/h2-3,8-9,20H,4-7H2,1H3,(H,15,16). The van der Waals surface area contributed by atoms with E-state index in [1.165, 1.54) is 0 Å². The van der Waals surface area contributed by atoms with Crippen molar-refractivity contribution in [2.24, 2.45) is 0 Å². The number of rotatable bonds is 2. The summed E-state index contributed by atoms with van der Waals surface area (Å²) in [7, 11) is -0.451. The number of hydrogen-bond donors (Lipinski definition) is 2. The fourth-order valence-corrected chi connectivity index (χ4v) is 2.55. The average Bonchev–Trinajstić information content (AvgIpc) is 2.94. The van der Waals surface area contributed by atoms with Crippen LogP contribution in [-0.4, -0.2) is 63.8 Å². The third-order valence-corrected chi connectivity index (χ3v) is 3.80. The molecule has 1 fully saturated rings. The molecule has 1 amide bonds. The van der Waals surface area contributed by atoms with Gasteiger partial charge in [-0.3, -0.25) is 4.79 Å². The molecule has 104 valence electrons. The lowest BCUT2D eigenvalue weighted by Gasteiger charge is -2.35. The van der Waals surface area contributed by atoms with Crippen LogP contribution < -0.4 is 0 Å². The summed E-state index contributed by atoms with van der Waals surface area (Å²) >= 11 is 0. The molecule has 0 unspecified atom stereocenters. The van der Waals surface area contributed by atoms with Crippen LogP contribution in [0.2, 0.25) is 6.82 Å². The van der Waals surface area contributed by atoms with Crippen LogP contribution in [0.3, 0.4) is 0 Å². The van der Waals surface area contributed by atoms with Crippen molar-refractivity contribution in [3.63, 3.8) is 0 Å². The van der Waals surface area contributed by atoms with Gasteiger partial charge in [-0.1, -0.05) is 0 Å². The number of carbonyl (C=O) groups excluding carboxylic acids is 1. The molecular weight excluding hydrogens is 255 g/mol. The highest BCUT2D eigenvalue weighted by atomic mass is 16.2. The predicted molar refractivity (Wildman–Crippen MR) is 77.4 cm³/mol. The summed E-state index contributed by atoms with van der Waals surface area (Å²) < 4.78 is 0. The van der Waals surface area contributed by atoms with Crippen LogP contribution in [0.4, 0.5) is 0 Å². The normalized spacial score (nSPS) is 16.6. The van der Waals surface area contributed by atoms with Crippen molar-refractivity contribution in [3.8, 4) is 0 Å². The van der Waals surface area contributed by atoms with Crippen LogP contribution in [0.25, 0.3) is 11.0 Å². The molecule has 0 spiro atoms. The van der Waals surface area contributed by atoms with Gasteiger partial charge in [-0.05, 0) is 25.0 Å². The van der Waals surface area contributed by atoms with Crippen molar-refractivity contribution in [1.82, 2.24) is 19.7 Å². The van der Waals surface area contributed by atoms with Crippen molar-refractivity contribution in [2.45, 2.75) is 6.82 Å². The number of nitrogens with zero attached hydrogens (tertiary/aromatic N) is 3. The number of benzene rings is 1. The van der Waals surface area contributed by atoms with Gasteiger partial charge >= 0.3 is 7.05 Å². The highest BCUT2D eigenvalue weighted by Gasteiger charge is 2.25. The fraction of sp³-hybridized carbons (Fsp3) is 0.385. The van der Waals surface area contributed by atoms with Gasteiger partial charge < -0.3 is 19.7 Å². The second-order valence-corrected chi connectivity index (χ2v) is 5.09. The highest BCUT2D eigenvalue weighted by molar-refractivity contribution is 6.45. The van der Waals surface area contributed by atoms with Crippen molar-refractivity contribution in [3.05, 3.63) is 30.1 Å². The van der Waals surface area contributed by atoms with Gasteiger partial charge in [0.1, 0.15) is 0 Å². The zero-order valence-corrected chi connectivity index (χ0v) is 11.4. The number of piperazine rings is 1. The van der Waals surface area contributed by atoms with Gasteiger partial charge in [0.2, 0.25) is 0 Å². The summed E-state index contributed by atoms with van der Waals surface area (Å²) in [5.74, 6) is 0.0279. The molecule has 20 heavy (non-hydrogen) atoms. The van der Waals surface area contributed by atoms with Gasteiger partial charge in [0.25, 0.3) is 5.91 Å². The molecule has 2 heterocycles. The van der Waals surface area contributed by atoms with E-state index in [0.29, 0.717) is 31.7 Å². The lowest BCUT2D eigenvalue weighted by Crippen LogP contribution is -2.52. The summed E-state index contributed by atoms with van der Waals surface area (Å²) in [6, 6.07) is 5.51. The van der Waals surface area contributed by atoms with Gasteiger partial charge in [0.15, 0.2) is 0 Å². The third kappa shape index (κ3) is 2.42. The summed E-state index contributed by atoms with van der Waals surface area (Å²) in [5, 5.41) is 9.52. The van der Waals surface area contributed by atoms with Crippen LogP contribution in [0.15, 0.2) is 24.5 Å². The molecule has 7 heteroatoms. The molecule has 1 aliphatic heterocycles. The van der Waals surface area contributed by atoms with E-state index in [1.54, 1.807) is 13.2 Å². The van der Waals surface area contributed by atoms with Crippen molar-refractivity contribution >= 4 is 24.0 Å². The largest absolute Gasteiger partial charge is 0.437 e. The molecule has 1 saturated heterocycles. The first-order valence-electron chi connectivity index (χ1n) is 6.79. The van der Waals surface area contributed by atoms with Crippen molar-refractivity contribution in [2.75, 3.05) is 26.2 Å². The Balaban J connectivity index is 1.73. The molecule has 1 aromatic carbocycles. The van der Waals surface area contributed by atoms with Crippen LogP contribution in [0.1, 0.15) is 10.4 Å². The van der Waals surface area contributed by atoms with Gasteiger partial charge in [0.05, 0.1) is 17.4 Å². The average molecular weight is 272 g/mol. The maximum absolute atomic E-state index is 12.4. The quantitative estimate of drug-likeness (QED) is 0.778. The minimum Gasteiger partial charge on any atom is -0.437 e. The lowest BCUT2D eigenvalue weighted by molar-refractivity contribution is 0.0688. The number of aromatic nitrogens is 2. The Morgan fingerprint density at radius 3 is 2.80 bits per heavy atom. The predicted octanol–water partition coefficient (Wildman–Crippen LogP) is 0.431. The minimum atomic E-state index is -0.451. The molecule has 1 aromatic heterocycles. The Hall–Kier alpha value is -1.86. The second-order valence-electron chi connectivity index (χ2n) is 5.09. The van der Waals surface area contributed by atoms with E-state index < -0.39 is 7.05 Å². The smallest absolute Gasteiger partial charge is 0.376 e. The summed E-state index contributed by atoms with van der Waals surface area (Å²) in [4.78, 5) is 23.4. The maximum atomic E-state index is 12.4.